The smallest absolute Gasteiger partial charge is 0.304 e. The summed E-state index contributed by atoms with van der Waals surface area (Å²) in [5, 5.41) is 8.54. The summed E-state index contributed by atoms with van der Waals surface area (Å²) >= 11 is 0. The van der Waals surface area contributed by atoms with Crippen molar-refractivity contribution in [1.29, 1.82) is 0 Å². The highest BCUT2D eigenvalue weighted by molar-refractivity contribution is 7.90. The number of carbonyl (C=O) groups is 1. The molecule has 1 aromatic rings. The Hall–Kier alpha value is -1.45. The van der Waals surface area contributed by atoms with Crippen LogP contribution < -0.4 is 0 Å². The fourth-order valence-corrected chi connectivity index (χ4v) is 3.21. The fraction of sp³-hybridized carbons (Fsp3) is 0.364. The Labute approximate surface area is 117 Å². The van der Waals surface area contributed by atoms with E-state index in [1.165, 1.54) is 31.3 Å². The van der Waals surface area contributed by atoms with Crippen molar-refractivity contribution in [3.05, 3.63) is 24.3 Å². The fourth-order valence-electron chi connectivity index (χ4n) is 1.41. The van der Waals surface area contributed by atoms with Crippen LogP contribution in [0.15, 0.2) is 34.1 Å². The van der Waals surface area contributed by atoms with Crippen LogP contribution in [0.2, 0.25) is 0 Å². The van der Waals surface area contributed by atoms with Crippen molar-refractivity contribution < 1.29 is 26.7 Å². The molecule has 112 valence electrons. The molecule has 0 saturated carbocycles. The van der Waals surface area contributed by atoms with Gasteiger partial charge < -0.3 is 5.11 Å². The topological polar surface area (TPSA) is 109 Å². The van der Waals surface area contributed by atoms with E-state index >= 15 is 0 Å². The molecule has 0 amide bonds. The molecule has 20 heavy (non-hydrogen) atoms. The summed E-state index contributed by atoms with van der Waals surface area (Å²) in [6, 6.07) is 4.77. The Morgan fingerprint density at radius 2 is 1.55 bits per heavy atom. The number of benzene rings is 1. The highest BCUT2D eigenvalue weighted by atomic mass is 32.2. The Morgan fingerprint density at radius 1 is 1.10 bits per heavy atom. The molecule has 1 N–H and O–H groups in total. The van der Waals surface area contributed by atoms with Gasteiger partial charge >= 0.3 is 5.97 Å². The highest BCUT2D eigenvalue weighted by Gasteiger charge is 2.21. The van der Waals surface area contributed by atoms with Crippen molar-refractivity contribution in [2.24, 2.45) is 0 Å². The molecule has 1 aromatic carbocycles. The first kappa shape index (κ1) is 16.6. The van der Waals surface area contributed by atoms with Crippen molar-refractivity contribution in [3.63, 3.8) is 0 Å². The van der Waals surface area contributed by atoms with Crippen LogP contribution in [0.1, 0.15) is 6.42 Å². The molecule has 0 bridgehead atoms. The molecule has 1 rings (SSSR count). The lowest BCUT2D eigenvalue weighted by atomic mass is 10.4. The van der Waals surface area contributed by atoms with Crippen LogP contribution in [0.3, 0.4) is 0 Å². The maximum Gasteiger partial charge on any atom is 0.304 e. The van der Waals surface area contributed by atoms with Gasteiger partial charge in [0.2, 0.25) is 10.0 Å². The van der Waals surface area contributed by atoms with Crippen LogP contribution in [0.4, 0.5) is 0 Å². The first-order valence-electron chi connectivity index (χ1n) is 5.53. The summed E-state index contributed by atoms with van der Waals surface area (Å²) in [7, 11) is -5.95. The molecule has 9 heteroatoms. The van der Waals surface area contributed by atoms with Gasteiger partial charge in [-0.15, -0.1) is 0 Å². The van der Waals surface area contributed by atoms with E-state index in [0.717, 1.165) is 10.6 Å². The monoisotopic (exact) mass is 321 g/mol. The normalized spacial score (nSPS) is 12.6. The average Bonchev–Trinajstić information content (AvgIpc) is 2.34. The molecular formula is C11H15NO6S2. The van der Waals surface area contributed by atoms with Crippen molar-refractivity contribution in [2.45, 2.75) is 16.2 Å². The number of rotatable bonds is 6. The first-order chi connectivity index (χ1) is 9.05. The molecule has 0 aliphatic rings. The molecular weight excluding hydrogens is 306 g/mol. The molecule has 0 aromatic heterocycles. The number of nitrogens with zero attached hydrogens (tertiary/aromatic N) is 1. The Morgan fingerprint density at radius 3 is 1.95 bits per heavy atom. The minimum atomic E-state index is -3.82. The van der Waals surface area contributed by atoms with Crippen LogP contribution in [0.5, 0.6) is 0 Å². The standard InChI is InChI=1S/C11H15NO6S2/c1-12(8-7-11(13)14)20(17,18)10-5-3-9(4-6-10)19(2,15)16/h3-6H,7-8H2,1-2H3,(H,13,14). The number of carboxylic acids is 1. The number of carboxylic acid groups (broad SMARTS) is 1. The van der Waals surface area contributed by atoms with E-state index in [-0.39, 0.29) is 22.8 Å². The maximum absolute atomic E-state index is 12.1. The van der Waals surface area contributed by atoms with Gasteiger partial charge in [0.05, 0.1) is 16.2 Å². The van der Waals surface area contributed by atoms with E-state index in [0.29, 0.717) is 0 Å². The van der Waals surface area contributed by atoms with Crippen molar-refractivity contribution in [2.75, 3.05) is 19.8 Å². The lowest BCUT2D eigenvalue weighted by Gasteiger charge is -2.16. The maximum atomic E-state index is 12.1. The summed E-state index contributed by atoms with van der Waals surface area (Å²) in [4.78, 5) is 10.4. The number of sulfone groups is 1. The molecule has 0 saturated heterocycles. The van der Waals surface area contributed by atoms with Gasteiger partial charge in [-0.05, 0) is 24.3 Å². The number of aliphatic carboxylic acids is 1. The van der Waals surface area contributed by atoms with E-state index in [9.17, 15) is 21.6 Å². The van der Waals surface area contributed by atoms with E-state index < -0.39 is 25.8 Å². The predicted octanol–water partition coefficient (Wildman–Crippen LogP) is 0.185. The largest absolute Gasteiger partial charge is 0.481 e. The van der Waals surface area contributed by atoms with Gasteiger partial charge in [0.1, 0.15) is 0 Å². The minimum Gasteiger partial charge on any atom is -0.481 e. The second kappa shape index (κ2) is 5.90. The molecule has 0 atom stereocenters. The first-order valence-corrected chi connectivity index (χ1v) is 8.86. The third kappa shape index (κ3) is 4.02. The summed E-state index contributed by atoms with van der Waals surface area (Å²) in [5.74, 6) is -1.10. The van der Waals surface area contributed by atoms with Gasteiger partial charge in [-0.2, -0.15) is 0 Å². The molecule has 0 heterocycles. The molecule has 0 fully saturated rings. The second-order valence-electron chi connectivity index (χ2n) is 4.21. The highest BCUT2D eigenvalue weighted by Crippen LogP contribution is 2.17. The van der Waals surface area contributed by atoms with Crippen LogP contribution in [-0.4, -0.2) is 52.1 Å². The number of hydrogen-bond donors (Lipinski definition) is 1. The molecule has 0 radical (unpaired) electrons. The average molecular weight is 321 g/mol. The summed E-state index contributed by atoms with van der Waals surface area (Å²) < 4.78 is 47.7. The summed E-state index contributed by atoms with van der Waals surface area (Å²) in [5.41, 5.74) is 0. The van der Waals surface area contributed by atoms with Crippen LogP contribution >= 0.6 is 0 Å². The van der Waals surface area contributed by atoms with Gasteiger partial charge in [-0.25, -0.2) is 21.1 Å². The molecule has 0 aliphatic carbocycles. The van der Waals surface area contributed by atoms with E-state index in [4.69, 9.17) is 5.11 Å². The van der Waals surface area contributed by atoms with E-state index in [1.54, 1.807) is 0 Å². The van der Waals surface area contributed by atoms with Gasteiger partial charge in [-0.1, -0.05) is 0 Å². The summed E-state index contributed by atoms with van der Waals surface area (Å²) in [6.07, 6.45) is 0.715. The van der Waals surface area contributed by atoms with E-state index in [1.807, 2.05) is 0 Å². The van der Waals surface area contributed by atoms with Crippen molar-refractivity contribution >= 4 is 25.8 Å². The lowest BCUT2D eigenvalue weighted by Crippen LogP contribution is -2.29. The van der Waals surface area contributed by atoms with Crippen molar-refractivity contribution in [1.82, 2.24) is 4.31 Å². The van der Waals surface area contributed by atoms with Gasteiger partial charge in [-0.3, -0.25) is 4.79 Å². The zero-order chi connectivity index (χ0) is 15.6. The zero-order valence-corrected chi connectivity index (χ0v) is 12.6. The second-order valence-corrected chi connectivity index (χ2v) is 8.27. The summed E-state index contributed by atoms with van der Waals surface area (Å²) in [6.45, 7) is -0.161. The molecule has 7 nitrogen and oxygen atoms in total. The Kier molecular flexibility index (Phi) is 4.90. The lowest BCUT2D eigenvalue weighted by molar-refractivity contribution is -0.137. The third-order valence-electron chi connectivity index (χ3n) is 2.60. The number of hydrogen-bond acceptors (Lipinski definition) is 5. The quantitative estimate of drug-likeness (QED) is 0.801. The Balaban J connectivity index is 3.01. The zero-order valence-electron chi connectivity index (χ0n) is 11.0. The van der Waals surface area contributed by atoms with Crippen LogP contribution in [0.25, 0.3) is 0 Å². The van der Waals surface area contributed by atoms with E-state index in [2.05, 4.69) is 0 Å². The van der Waals surface area contributed by atoms with Crippen molar-refractivity contribution in [3.8, 4) is 0 Å². The van der Waals surface area contributed by atoms with Gasteiger partial charge in [0.15, 0.2) is 9.84 Å². The van der Waals surface area contributed by atoms with Gasteiger partial charge in [0, 0.05) is 19.8 Å². The molecule has 0 aliphatic heterocycles. The molecule has 0 unspecified atom stereocenters. The van der Waals surface area contributed by atoms with Gasteiger partial charge in [0.25, 0.3) is 0 Å². The predicted molar refractivity (Wildman–Crippen MR) is 71.6 cm³/mol. The Bertz CT molecular complexity index is 691. The third-order valence-corrected chi connectivity index (χ3v) is 5.60. The number of sulfonamides is 1. The van der Waals surface area contributed by atoms with Crippen LogP contribution in [-0.2, 0) is 24.7 Å². The van der Waals surface area contributed by atoms with Crippen LogP contribution in [0, 0.1) is 0 Å². The SMILES string of the molecule is CN(CCC(=O)O)S(=O)(=O)c1ccc(S(C)(=O)=O)cc1. The minimum absolute atomic E-state index is 0.0182. The molecule has 0 spiro atoms.